The van der Waals surface area contributed by atoms with Gasteiger partial charge in [0.05, 0.1) is 16.8 Å². The number of amides is 2. The number of benzene rings is 1. The van der Waals surface area contributed by atoms with Gasteiger partial charge in [0.2, 0.25) is 15.9 Å². The fourth-order valence-electron chi connectivity index (χ4n) is 3.94. The minimum absolute atomic E-state index is 0.0102. The first-order valence-electron chi connectivity index (χ1n) is 10.0. The van der Waals surface area contributed by atoms with E-state index >= 15 is 0 Å². The zero-order valence-electron chi connectivity index (χ0n) is 16.4. The van der Waals surface area contributed by atoms with Gasteiger partial charge in [0.15, 0.2) is 6.61 Å². The maximum atomic E-state index is 13.1. The minimum Gasteiger partial charge on any atom is -0.482 e. The molecular weight excluding hydrogens is 434 g/mol. The molecule has 2 N–H and O–H groups in total. The number of carbonyl (C=O) groups is 2. The van der Waals surface area contributed by atoms with Crippen molar-refractivity contribution in [2.45, 2.75) is 36.7 Å². The van der Waals surface area contributed by atoms with Crippen LogP contribution in [0.4, 0.5) is 5.69 Å². The second kappa shape index (κ2) is 8.70. The molecule has 2 saturated heterocycles. The van der Waals surface area contributed by atoms with Gasteiger partial charge in [0.1, 0.15) is 10.6 Å². The number of nitrogens with one attached hydrogen (secondary N) is 2. The van der Waals surface area contributed by atoms with E-state index in [2.05, 4.69) is 10.6 Å². The second-order valence-electron chi connectivity index (χ2n) is 7.67. The van der Waals surface area contributed by atoms with E-state index in [4.69, 9.17) is 21.1 Å². The van der Waals surface area contributed by atoms with Gasteiger partial charge in [0.25, 0.3) is 5.91 Å². The lowest BCUT2D eigenvalue weighted by Gasteiger charge is -2.31. The van der Waals surface area contributed by atoms with Gasteiger partial charge in [-0.25, -0.2) is 8.42 Å². The molecule has 0 bridgehead atoms. The number of nitrogens with zero attached hydrogens (tertiary/aromatic N) is 1. The van der Waals surface area contributed by atoms with Gasteiger partial charge in [-0.3, -0.25) is 9.59 Å². The maximum Gasteiger partial charge on any atom is 0.262 e. The number of sulfonamides is 1. The van der Waals surface area contributed by atoms with Crippen molar-refractivity contribution >= 4 is 39.1 Å². The summed E-state index contributed by atoms with van der Waals surface area (Å²) in [5.41, 5.74) is 0.344. The van der Waals surface area contributed by atoms with Crippen LogP contribution in [-0.2, 0) is 24.3 Å². The summed E-state index contributed by atoms with van der Waals surface area (Å²) in [4.78, 5) is 23.8. The number of hydrogen-bond acceptors (Lipinski definition) is 6. The van der Waals surface area contributed by atoms with Crippen molar-refractivity contribution in [1.82, 2.24) is 9.62 Å². The largest absolute Gasteiger partial charge is 0.482 e. The van der Waals surface area contributed by atoms with E-state index in [-0.39, 0.29) is 59.2 Å². The molecule has 0 aliphatic carbocycles. The van der Waals surface area contributed by atoms with Crippen LogP contribution in [0, 0.1) is 5.92 Å². The first-order valence-corrected chi connectivity index (χ1v) is 11.8. The summed E-state index contributed by atoms with van der Waals surface area (Å²) in [6, 6.07) is 2.72. The van der Waals surface area contributed by atoms with Gasteiger partial charge in [-0.2, -0.15) is 4.31 Å². The Morgan fingerprint density at radius 2 is 2.03 bits per heavy atom. The van der Waals surface area contributed by atoms with Gasteiger partial charge in [-0.05, 0) is 31.7 Å². The van der Waals surface area contributed by atoms with Crippen LogP contribution in [0.2, 0.25) is 5.02 Å². The zero-order chi connectivity index (χ0) is 21.3. The van der Waals surface area contributed by atoms with E-state index in [1.165, 1.54) is 16.4 Å². The highest BCUT2D eigenvalue weighted by Crippen LogP contribution is 2.37. The Bertz CT molecular complexity index is 940. The molecule has 3 aliphatic heterocycles. The molecule has 2 fully saturated rings. The van der Waals surface area contributed by atoms with Crippen molar-refractivity contribution in [3.63, 3.8) is 0 Å². The number of carbonyl (C=O) groups excluding carboxylic acids is 2. The standard InChI is InChI=1S/C19H24ClN3O6S/c20-14-8-15-16(29-11-18(24)22-15)9-17(14)30(26,27)23-5-3-12(4-6-23)19(25)21-10-13-2-1-7-28-13/h8-9,12-13H,1-7,10-11H2,(H,21,25)(H,22,24)/t13-/m1/s1. The lowest BCUT2D eigenvalue weighted by molar-refractivity contribution is -0.126. The normalized spacial score (nSPS) is 22.8. The molecule has 9 nitrogen and oxygen atoms in total. The smallest absolute Gasteiger partial charge is 0.262 e. The molecule has 3 aliphatic rings. The number of piperidine rings is 1. The molecule has 0 unspecified atom stereocenters. The molecule has 1 aromatic carbocycles. The van der Waals surface area contributed by atoms with Crippen LogP contribution in [0.25, 0.3) is 0 Å². The van der Waals surface area contributed by atoms with Crippen molar-refractivity contribution < 1.29 is 27.5 Å². The lowest BCUT2D eigenvalue weighted by atomic mass is 9.97. The predicted molar refractivity (Wildman–Crippen MR) is 109 cm³/mol. The van der Waals surface area contributed by atoms with Gasteiger partial charge < -0.3 is 20.1 Å². The number of ether oxygens (including phenoxy) is 2. The molecule has 3 heterocycles. The number of halogens is 1. The molecule has 0 aromatic heterocycles. The van der Waals surface area contributed by atoms with E-state index in [1.54, 1.807) is 0 Å². The molecular formula is C19H24ClN3O6S. The van der Waals surface area contributed by atoms with E-state index in [0.29, 0.717) is 25.1 Å². The summed E-state index contributed by atoms with van der Waals surface area (Å²) in [5.74, 6) is -0.344. The third-order valence-corrected chi connectivity index (χ3v) is 8.00. The van der Waals surface area contributed by atoms with Gasteiger partial charge >= 0.3 is 0 Å². The highest BCUT2D eigenvalue weighted by atomic mass is 35.5. The molecule has 0 radical (unpaired) electrons. The fourth-order valence-corrected chi connectivity index (χ4v) is 5.93. The molecule has 1 atom stereocenters. The van der Waals surface area contributed by atoms with E-state index in [9.17, 15) is 18.0 Å². The Morgan fingerprint density at radius 3 is 2.73 bits per heavy atom. The fraction of sp³-hybridized carbons (Fsp3) is 0.579. The summed E-state index contributed by atoms with van der Waals surface area (Å²) in [7, 11) is -3.86. The monoisotopic (exact) mass is 457 g/mol. The summed E-state index contributed by atoms with van der Waals surface area (Å²) in [5, 5.41) is 5.53. The van der Waals surface area contributed by atoms with E-state index in [0.717, 1.165) is 19.4 Å². The average Bonchev–Trinajstić information content (AvgIpc) is 3.25. The minimum atomic E-state index is -3.86. The van der Waals surface area contributed by atoms with E-state index in [1.807, 2.05) is 0 Å². The summed E-state index contributed by atoms with van der Waals surface area (Å²) < 4.78 is 38.4. The zero-order valence-corrected chi connectivity index (χ0v) is 17.9. The second-order valence-corrected chi connectivity index (χ2v) is 9.99. The molecule has 0 spiro atoms. The van der Waals surface area contributed by atoms with E-state index < -0.39 is 10.0 Å². The topological polar surface area (TPSA) is 114 Å². The van der Waals surface area contributed by atoms with Crippen molar-refractivity contribution in [2.24, 2.45) is 5.92 Å². The number of rotatable bonds is 5. The first kappa shape index (κ1) is 21.4. The lowest BCUT2D eigenvalue weighted by Crippen LogP contribution is -2.44. The highest BCUT2D eigenvalue weighted by molar-refractivity contribution is 7.89. The Hall–Kier alpha value is -1.88. The molecule has 164 valence electrons. The Balaban J connectivity index is 1.39. The van der Waals surface area contributed by atoms with Crippen LogP contribution in [0.15, 0.2) is 17.0 Å². The predicted octanol–water partition coefficient (Wildman–Crippen LogP) is 1.37. The van der Waals surface area contributed by atoms with Gasteiger partial charge in [-0.1, -0.05) is 11.6 Å². The van der Waals surface area contributed by atoms with Crippen molar-refractivity contribution in [1.29, 1.82) is 0 Å². The summed E-state index contributed by atoms with van der Waals surface area (Å²) >= 11 is 6.21. The Labute approximate surface area is 180 Å². The third kappa shape index (κ3) is 4.41. The maximum absolute atomic E-state index is 13.1. The van der Waals surface area contributed by atoms with Crippen LogP contribution < -0.4 is 15.4 Å². The van der Waals surface area contributed by atoms with Crippen LogP contribution in [0.1, 0.15) is 25.7 Å². The summed E-state index contributed by atoms with van der Waals surface area (Å²) in [6.07, 6.45) is 2.91. The molecule has 11 heteroatoms. The Morgan fingerprint density at radius 1 is 1.27 bits per heavy atom. The van der Waals surface area contributed by atoms with Crippen LogP contribution >= 0.6 is 11.6 Å². The molecule has 4 rings (SSSR count). The highest BCUT2D eigenvalue weighted by Gasteiger charge is 2.34. The van der Waals surface area contributed by atoms with Gasteiger partial charge in [-0.15, -0.1) is 0 Å². The quantitative estimate of drug-likeness (QED) is 0.690. The number of anilines is 1. The number of hydrogen-bond donors (Lipinski definition) is 2. The van der Waals surface area contributed by atoms with Crippen molar-refractivity contribution in [2.75, 3.05) is 38.2 Å². The van der Waals surface area contributed by atoms with Crippen LogP contribution in [-0.4, -0.2) is 63.5 Å². The molecule has 1 aromatic rings. The summed E-state index contributed by atoms with van der Waals surface area (Å²) in [6.45, 7) is 1.51. The van der Waals surface area contributed by atoms with Gasteiger partial charge in [0, 0.05) is 38.2 Å². The average molecular weight is 458 g/mol. The van der Waals surface area contributed by atoms with Crippen LogP contribution in [0.5, 0.6) is 5.75 Å². The van der Waals surface area contributed by atoms with Crippen molar-refractivity contribution in [3.05, 3.63) is 17.2 Å². The van der Waals surface area contributed by atoms with Crippen molar-refractivity contribution in [3.8, 4) is 5.75 Å². The first-order chi connectivity index (χ1) is 14.3. The third-order valence-electron chi connectivity index (χ3n) is 5.64. The molecule has 30 heavy (non-hydrogen) atoms. The van der Waals surface area contributed by atoms with Crippen LogP contribution in [0.3, 0.4) is 0 Å². The molecule has 0 saturated carbocycles. The Kier molecular flexibility index (Phi) is 6.19. The SMILES string of the molecule is O=C1COc2cc(S(=O)(=O)N3CCC(C(=O)NC[C@H]4CCCO4)CC3)c(Cl)cc2N1. The molecule has 2 amide bonds. The number of fused-ring (bicyclic) bond motifs is 1.